The Labute approximate surface area is 100 Å². The molecule has 2 rings (SSSR count). The molecule has 1 atom stereocenters. The van der Waals surface area contributed by atoms with Gasteiger partial charge in [0, 0.05) is 6.04 Å². The lowest BCUT2D eigenvalue weighted by molar-refractivity contribution is 0.582. The molecule has 0 fully saturated rings. The van der Waals surface area contributed by atoms with Crippen LogP contribution in [0.2, 0.25) is 0 Å². The molecule has 3 nitrogen and oxygen atoms in total. The molecule has 2 N–H and O–H groups in total. The summed E-state index contributed by atoms with van der Waals surface area (Å²) in [6.45, 7) is 0. The number of H-pyrrole nitrogens is 1. The summed E-state index contributed by atoms with van der Waals surface area (Å²) in [5.41, 5.74) is 3.47. The van der Waals surface area contributed by atoms with Crippen LogP contribution in [0, 0.1) is 0 Å². The molecule has 0 saturated carbocycles. The van der Waals surface area contributed by atoms with E-state index in [0.717, 1.165) is 17.5 Å². The van der Waals surface area contributed by atoms with Crippen molar-refractivity contribution in [3.05, 3.63) is 30.1 Å². The molecule has 0 aliphatic rings. The molecule has 0 bridgehead atoms. The van der Waals surface area contributed by atoms with E-state index in [-0.39, 0.29) is 0 Å². The van der Waals surface area contributed by atoms with Crippen molar-refractivity contribution in [1.82, 2.24) is 15.3 Å². The van der Waals surface area contributed by atoms with Crippen molar-refractivity contribution in [2.75, 3.05) is 19.1 Å². The van der Waals surface area contributed by atoms with Crippen molar-refractivity contribution in [3.8, 4) is 0 Å². The molecule has 2 aromatic rings. The van der Waals surface area contributed by atoms with Gasteiger partial charge in [0.2, 0.25) is 0 Å². The Bertz CT molecular complexity index is 452. The number of thioether (sulfide) groups is 1. The zero-order valence-electron chi connectivity index (χ0n) is 9.66. The number of aromatic amines is 1. The number of hydrogen-bond acceptors (Lipinski definition) is 3. The minimum atomic E-state index is 0.431. The van der Waals surface area contributed by atoms with Gasteiger partial charge < -0.3 is 10.3 Å². The molecule has 4 heteroatoms. The third-order valence-corrected chi connectivity index (χ3v) is 3.45. The maximum atomic E-state index is 4.23. The van der Waals surface area contributed by atoms with Crippen LogP contribution in [0.25, 0.3) is 11.0 Å². The quantitative estimate of drug-likeness (QED) is 0.837. The van der Waals surface area contributed by atoms with Crippen LogP contribution in [0.1, 0.15) is 18.0 Å². The average Bonchev–Trinajstić information content (AvgIpc) is 2.77. The Balaban J connectivity index is 2.22. The Morgan fingerprint density at radius 1 is 1.50 bits per heavy atom. The number of fused-ring (bicyclic) bond motifs is 1. The van der Waals surface area contributed by atoms with E-state index in [2.05, 4.69) is 39.7 Å². The third-order valence-electron chi connectivity index (χ3n) is 2.81. The molecule has 0 amide bonds. The second-order valence-corrected chi connectivity index (χ2v) is 4.79. The van der Waals surface area contributed by atoms with Crippen LogP contribution in [0.4, 0.5) is 0 Å². The highest BCUT2D eigenvalue weighted by Gasteiger charge is 2.09. The highest BCUT2D eigenvalue weighted by atomic mass is 32.2. The Morgan fingerprint density at radius 3 is 3.12 bits per heavy atom. The fourth-order valence-electron chi connectivity index (χ4n) is 1.88. The van der Waals surface area contributed by atoms with Gasteiger partial charge in [-0.05, 0) is 43.2 Å². The summed E-state index contributed by atoms with van der Waals surface area (Å²) in [5.74, 6) is 1.17. The van der Waals surface area contributed by atoms with Gasteiger partial charge in [-0.15, -0.1) is 0 Å². The predicted octanol–water partition coefficient (Wildman–Crippen LogP) is 2.58. The summed E-state index contributed by atoms with van der Waals surface area (Å²) in [6, 6.07) is 6.85. The summed E-state index contributed by atoms with van der Waals surface area (Å²) >= 11 is 1.89. The predicted molar refractivity (Wildman–Crippen MR) is 70.9 cm³/mol. The SMILES string of the molecule is CNC(CCSC)c1ccc2nc[nH]c2c1. The fraction of sp³-hybridized carbons (Fsp3) is 0.417. The van der Waals surface area contributed by atoms with E-state index in [4.69, 9.17) is 0 Å². The first-order chi connectivity index (χ1) is 7.85. The molecule has 0 saturated heterocycles. The van der Waals surface area contributed by atoms with Crippen LogP contribution in [0.3, 0.4) is 0 Å². The number of rotatable bonds is 5. The Hall–Kier alpha value is -1.00. The van der Waals surface area contributed by atoms with Gasteiger partial charge in [0.1, 0.15) is 0 Å². The molecule has 1 unspecified atom stereocenters. The minimum Gasteiger partial charge on any atom is -0.345 e. The molecule has 0 radical (unpaired) electrons. The number of benzene rings is 1. The first-order valence-corrected chi connectivity index (χ1v) is 6.83. The van der Waals surface area contributed by atoms with E-state index in [0.29, 0.717) is 6.04 Å². The second kappa shape index (κ2) is 5.37. The van der Waals surface area contributed by atoms with Gasteiger partial charge in [-0.2, -0.15) is 11.8 Å². The molecule has 0 aliphatic carbocycles. The summed E-state index contributed by atoms with van der Waals surface area (Å²) in [7, 11) is 2.02. The van der Waals surface area contributed by atoms with Gasteiger partial charge in [0.25, 0.3) is 0 Å². The number of imidazole rings is 1. The van der Waals surface area contributed by atoms with E-state index < -0.39 is 0 Å². The van der Waals surface area contributed by atoms with Crippen molar-refractivity contribution < 1.29 is 0 Å². The van der Waals surface area contributed by atoms with Crippen molar-refractivity contribution in [1.29, 1.82) is 0 Å². The lowest BCUT2D eigenvalue weighted by atomic mass is 10.0. The third kappa shape index (κ3) is 2.39. The highest BCUT2D eigenvalue weighted by Crippen LogP contribution is 2.21. The highest BCUT2D eigenvalue weighted by molar-refractivity contribution is 7.98. The zero-order valence-corrected chi connectivity index (χ0v) is 10.5. The molecular weight excluding hydrogens is 218 g/mol. The van der Waals surface area contributed by atoms with Crippen molar-refractivity contribution in [2.45, 2.75) is 12.5 Å². The molecule has 0 aliphatic heterocycles. The minimum absolute atomic E-state index is 0.431. The standard InChI is InChI=1S/C12H17N3S/c1-13-10(5-6-16-2)9-3-4-11-12(7-9)15-8-14-11/h3-4,7-8,10,13H,5-6H2,1-2H3,(H,14,15). The largest absolute Gasteiger partial charge is 0.345 e. The summed E-state index contributed by atoms with van der Waals surface area (Å²) in [4.78, 5) is 7.38. The van der Waals surface area contributed by atoms with Crippen molar-refractivity contribution in [3.63, 3.8) is 0 Å². The van der Waals surface area contributed by atoms with E-state index in [1.54, 1.807) is 6.33 Å². The van der Waals surface area contributed by atoms with Crippen LogP contribution >= 0.6 is 11.8 Å². The first kappa shape index (κ1) is 11.5. The zero-order chi connectivity index (χ0) is 11.4. The first-order valence-electron chi connectivity index (χ1n) is 5.44. The van der Waals surface area contributed by atoms with Gasteiger partial charge >= 0.3 is 0 Å². The van der Waals surface area contributed by atoms with E-state index in [1.807, 2.05) is 18.8 Å². The van der Waals surface area contributed by atoms with Gasteiger partial charge in [-0.3, -0.25) is 0 Å². The molecule has 16 heavy (non-hydrogen) atoms. The molecular formula is C12H17N3S. The number of hydrogen-bond donors (Lipinski definition) is 2. The molecule has 86 valence electrons. The van der Waals surface area contributed by atoms with E-state index >= 15 is 0 Å². The van der Waals surface area contributed by atoms with Crippen LogP contribution < -0.4 is 5.32 Å². The van der Waals surface area contributed by atoms with E-state index in [9.17, 15) is 0 Å². The number of nitrogens with one attached hydrogen (secondary N) is 2. The Morgan fingerprint density at radius 2 is 2.38 bits per heavy atom. The lowest BCUT2D eigenvalue weighted by Gasteiger charge is -2.15. The van der Waals surface area contributed by atoms with Gasteiger partial charge in [-0.1, -0.05) is 6.07 Å². The average molecular weight is 235 g/mol. The van der Waals surface area contributed by atoms with Gasteiger partial charge in [0.15, 0.2) is 0 Å². The maximum Gasteiger partial charge on any atom is 0.0931 e. The number of aromatic nitrogens is 2. The molecule has 1 heterocycles. The van der Waals surface area contributed by atoms with Crippen LogP contribution in [0.5, 0.6) is 0 Å². The summed E-state index contributed by atoms with van der Waals surface area (Å²) in [6.07, 6.45) is 5.03. The smallest absolute Gasteiger partial charge is 0.0931 e. The molecule has 1 aromatic heterocycles. The lowest BCUT2D eigenvalue weighted by Crippen LogP contribution is -2.16. The monoisotopic (exact) mass is 235 g/mol. The van der Waals surface area contributed by atoms with Gasteiger partial charge in [-0.25, -0.2) is 4.98 Å². The Kier molecular flexibility index (Phi) is 3.85. The van der Waals surface area contributed by atoms with Crippen LogP contribution in [-0.4, -0.2) is 29.0 Å². The van der Waals surface area contributed by atoms with Crippen molar-refractivity contribution in [2.24, 2.45) is 0 Å². The number of nitrogens with zero attached hydrogens (tertiary/aromatic N) is 1. The maximum absolute atomic E-state index is 4.23. The van der Waals surface area contributed by atoms with E-state index in [1.165, 1.54) is 11.3 Å². The molecule has 1 aromatic carbocycles. The van der Waals surface area contributed by atoms with Crippen LogP contribution in [0.15, 0.2) is 24.5 Å². The summed E-state index contributed by atoms with van der Waals surface area (Å²) < 4.78 is 0. The topological polar surface area (TPSA) is 40.7 Å². The molecule has 0 spiro atoms. The van der Waals surface area contributed by atoms with Gasteiger partial charge in [0.05, 0.1) is 17.4 Å². The fourth-order valence-corrected chi connectivity index (χ4v) is 2.35. The van der Waals surface area contributed by atoms with Crippen molar-refractivity contribution >= 4 is 22.8 Å². The second-order valence-electron chi connectivity index (χ2n) is 3.80. The normalized spacial score (nSPS) is 13.1. The van der Waals surface area contributed by atoms with Crippen LogP contribution in [-0.2, 0) is 0 Å². The summed E-state index contributed by atoms with van der Waals surface area (Å²) in [5, 5.41) is 3.36.